The number of amides is 4. The van der Waals surface area contributed by atoms with E-state index in [1.54, 1.807) is 48.5 Å². The molecule has 9 heteroatoms. The summed E-state index contributed by atoms with van der Waals surface area (Å²) in [6.07, 6.45) is 0.492. The zero-order valence-electron chi connectivity index (χ0n) is 23.6. The highest BCUT2D eigenvalue weighted by molar-refractivity contribution is 6.00. The lowest BCUT2D eigenvalue weighted by Crippen LogP contribution is -2.41. The largest absolute Gasteiger partial charge is 0.481 e. The number of nitrogens with one attached hydrogen (secondary N) is 4. The quantitative estimate of drug-likeness (QED) is 0.190. The summed E-state index contributed by atoms with van der Waals surface area (Å²) in [6, 6.07) is 22.0. The van der Waals surface area contributed by atoms with E-state index in [0.29, 0.717) is 17.7 Å². The predicted molar refractivity (Wildman–Crippen MR) is 160 cm³/mol. The summed E-state index contributed by atoms with van der Waals surface area (Å²) in [5, 5.41) is 20.7. The third kappa shape index (κ3) is 10.8. The minimum absolute atomic E-state index is 0.0335. The van der Waals surface area contributed by atoms with Crippen molar-refractivity contribution < 1.29 is 24.3 Å². The molecular formula is C32H38N4O5. The number of carbonyl (C=O) groups excluding carboxylic acids is 3. The van der Waals surface area contributed by atoms with Crippen molar-refractivity contribution >= 4 is 35.2 Å². The SMILES string of the molecule is Cc1ccccc1NC(=O)Nc1ccc(CC(=O)N[C@@H](CC(=O)N[C@@H](CC(=O)O)c2ccccc2)CC(C)C)cc1. The molecule has 41 heavy (non-hydrogen) atoms. The zero-order chi connectivity index (χ0) is 29.8. The number of benzene rings is 3. The van der Waals surface area contributed by atoms with Crippen LogP contribution in [-0.2, 0) is 20.8 Å². The van der Waals surface area contributed by atoms with Crippen molar-refractivity contribution in [3.63, 3.8) is 0 Å². The monoisotopic (exact) mass is 558 g/mol. The van der Waals surface area contributed by atoms with Gasteiger partial charge in [-0.25, -0.2) is 4.79 Å². The Labute approximate surface area is 240 Å². The van der Waals surface area contributed by atoms with Gasteiger partial charge >= 0.3 is 12.0 Å². The number of rotatable bonds is 13. The van der Waals surface area contributed by atoms with Crippen molar-refractivity contribution in [3.05, 3.63) is 95.6 Å². The Balaban J connectivity index is 1.55. The predicted octanol–water partition coefficient (Wildman–Crippen LogP) is 5.43. The maximum absolute atomic E-state index is 12.9. The average Bonchev–Trinajstić information content (AvgIpc) is 2.90. The van der Waals surface area contributed by atoms with E-state index in [2.05, 4.69) is 21.3 Å². The standard InChI is InChI=1S/C32H38N4O5/c1-21(2)17-26(19-30(38)35-28(20-31(39)40)24-10-5-4-6-11-24)33-29(37)18-23-13-15-25(16-14-23)34-32(41)36-27-12-8-7-9-22(27)3/h4-16,21,26,28H,17-20H2,1-3H3,(H,33,37)(H,35,38)(H,39,40)(H2,34,36,41)/t26-,28+/m1/s1. The zero-order valence-corrected chi connectivity index (χ0v) is 23.6. The first kappa shape index (κ1) is 30.9. The molecule has 4 amide bonds. The van der Waals surface area contributed by atoms with Crippen molar-refractivity contribution in [3.8, 4) is 0 Å². The summed E-state index contributed by atoms with van der Waals surface area (Å²) in [6.45, 7) is 5.93. The van der Waals surface area contributed by atoms with Gasteiger partial charge in [-0.05, 0) is 54.2 Å². The molecule has 3 aromatic carbocycles. The first-order chi connectivity index (χ1) is 19.6. The normalized spacial score (nSPS) is 12.2. The van der Waals surface area contributed by atoms with Crippen molar-refractivity contribution in [1.82, 2.24) is 10.6 Å². The van der Waals surface area contributed by atoms with Crippen LogP contribution in [0.15, 0.2) is 78.9 Å². The second-order valence-corrected chi connectivity index (χ2v) is 10.5. The van der Waals surface area contributed by atoms with Gasteiger partial charge in [0.25, 0.3) is 0 Å². The summed E-state index contributed by atoms with van der Waals surface area (Å²) in [5.74, 6) is -1.34. The number of aryl methyl sites for hydroxylation is 1. The minimum atomic E-state index is -1.01. The van der Waals surface area contributed by atoms with Crippen molar-refractivity contribution in [2.24, 2.45) is 5.92 Å². The molecule has 0 fully saturated rings. The number of hydrogen-bond acceptors (Lipinski definition) is 4. The molecule has 2 atom stereocenters. The van der Waals surface area contributed by atoms with Gasteiger partial charge in [-0.3, -0.25) is 14.4 Å². The van der Waals surface area contributed by atoms with Gasteiger partial charge in [-0.1, -0.05) is 74.5 Å². The molecule has 0 bridgehead atoms. The maximum atomic E-state index is 12.9. The van der Waals surface area contributed by atoms with Crippen LogP contribution in [0.2, 0.25) is 0 Å². The number of anilines is 2. The summed E-state index contributed by atoms with van der Waals surface area (Å²) in [7, 11) is 0. The molecule has 216 valence electrons. The number of para-hydroxylation sites is 1. The number of carbonyl (C=O) groups is 4. The molecule has 9 nitrogen and oxygen atoms in total. The van der Waals surface area contributed by atoms with Crippen LogP contribution in [-0.4, -0.2) is 35.0 Å². The second kappa shape index (κ2) is 15.2. The van der Waals surface area contributed by atoms with Gasteiger partial charge in [0.15, 0.2) is 0 Å². The van der Waals surface area contributed by atoms with Gasteiger partial charge in [0, 0.05) is 23.8 Å². The minimum Gasteiger partial charge on any atom is -0.481 e. The van der Waals surface area contributed by atoms with Gasteiger partial charge in [0.05, 0.1) is 18.9 Å². The highest BCUT2D eigenvalue weighted by Crippen LogP contribution is 2.18. The van der Waals surface area contributed by atoms with E-state index in [1.165, 1.54) is 0 Å². The first-order valence-electron chi connectivity index (χ1n) is 13.7. The molecule has 0 aliphatic carbocycles. The number of hydrogen-bond donors (Lipinski definition) is 5. The van der Waals surface area contributed by atoms with Gasteiger partial charge in [-0.15, -0.1) is 0 Å². The summed E-state index contributed by atoms with van der Waals surface area (Å²) in [5.41, 5.74) is 3.72. The fourth-order valence-corrected chi connectivity index (χ4v) is 4.52. The van der Waals surface area contributed by atoms with Crippen LogP contribution in [0.4, 0.5) is 16.2 Å². The average molecular weight is 559 g/mol. The molecule has 5 N–H and O–H groups in total. The molecule has 0 saturated heterocycles. The van der Waals surface area contributed by atoms with Crippen LogP contribution < -0.4 is 21.3 Å². The van der Waals surface area contributed by atoms with Crippen LogP contribution in [0.3, 0.4) is 0 Å². The number of carboxylic acids is 1. The van der Waals surface area contributed by atoms with Crippen LogP contribution in [0.1, 0.15) is 55.8 Å². The van der Waals surface area contributed by atoms with Crippen molar-refractivity contribution in [2.75, 3.05) is 10.6 Å². The number of aliphatic carboxylic acids is 1. The second-order valence-electron chi connectivity index (χ2n) is 10.5. The van der Waals surface area contributed by atoms with Crippen LogP contribution in [0, 0.1) is 12.8 Å². The molecule has 3 rings (SSSR count). The topological polar surface area (TPSA) is 137 Å². The molecule has 0 aliphatic heterocycles. The lowest BCUT2D eigenvalue weighted by molar-refractivity contribution is -0.137. The van der Waals surface area contributed by atoms with Gasteiger partial charge < -0.3 is 26.4 Å². The molecule has 0 aromatic heterocycles. The van der Waals surface area contributed by atoms with Crippen LogP contribution >= 0.6 is 0 Å². The Morgan fingerprint density at radius 2 is 1.41 bits per heavy atom. The van der Waals surface area contributed by atoms with E-state index >= 15 is 0 Å². The van der Waals surface area contributed by atoms with Gasteiger partial charge in [0.1, 0.15) is 0 Å². The summed E-state index contributed by atoms with van der Waals surface area (Å²) < 4.78 is 0. The Bertz CT molecular complexity index is 1330. The third-order valence-corrected chi connectivity index (χ3v) is 6.44. The van der Waals surface area contributed by atoms with Gasteiger partial charge in [0.2, 0.25) is 11.8 Å². The lowest BCUT2D eigenvalue weighted by Gasteiger charge is -2.23. The van der Waals surface area contributed by atoms with E-state index in [1.807, 2.05) is 51.1 Å². The Morgan fingerprint density at radius 1 is 0.756 bits per heavy atom. The Morgan fingerprint density at radius 3 is 2.05 bits per heavy atom. The molecule has 3 aromatic rings. The summed E-state index contributed by atoms with van der Waals surface area (Å²) >= 11 is 0. The molecule has 0 spiro atoms. The van der Waals surface area contributed by atoms with E-state index in [0.717, 1.165) is 16.8 Å². The van der Waals surface area contributed by atoms with E-state index < -0.39 is 18.1 Å². The highest BCUT2D eigenvalue weighted by Gasteiger charge is 2.22. The van der Waals surface area contributed by atoms with Crippen LogP contribution in [0.5, 0.6) is 0 Å². The Kier molecular flexibility index (Phi) is 11.5. The molecule has 0 saturated carbocycles. The number of carboxylic acid groups (broad SMARTS) is 1. The first-order valence-corrected chi connectivity index (χ1v) is 13.7. The molecule has 0 unspecified atom stereocenters. The van der Waals surface area contributed by atoms with Crippen LogP contribution in [0.25, 0.3) is 0 Å². The molecular weight excluding hydrogens is 520 g/mol. The molecule has 0 heterocycles. The smallest absolute Gasteiger partial charge is 0.323 e. The van der Waals surface area contributed by atoms with Crippen molar-refractivity contribution in [1.29, 1.82) is 0 Å². The Hall–Kier alpha value is -4.66. The van der Waals surface area contributed by atoms with E-state index in [-0.39, 0.29) is 43.0 Å². The fourth-order valence-electron chi connectivity index (χ4n) is 4.52. The summed E-state index contributed by atoms with van der Waals surface area (Å²) in [4.78, 5) is 49.5. The van der Waals surface area contributed by atoms with E-state index in [4.69, 9.17) is 0 Å². The fraction of sp³-hybridized carbons (Fsp3) is 0.312. The third-order valence-electron chi connectivity index (χ3n) is 6.44. The highest BCUT2D eigenvalue weighted by atomic mass is 16.4. The van der Waals surface area contributed by atoms with E-state index in [9.17, 15) is 24.3 Å². The molecule has 0 radical (unpaired) electrons. The maximum Gasteiger partial charge on any atom is 0.323 e. The number of urea groups is 1. The van der Waals surface area contributed by atoms with Crippen molar-refractivity contribution in [2.45, 2.75) is 58.5 Å². The lowest BCUT2D eigenvalue weighted by atomic mass is 9.99. The van der Waals surface area contributed by atoms with Gasteiger partial charge in [-0.2, -0.15) is 0 Å². The molecule has 0 aliphatic rings.